The number of allylic oxidation sites excluding steroid dienone is 3. The van der Waals surface area contributed by atoms with Crippen LogP contribution >= 0.6 is 0 Å². The molecule has 0 N–H and O–H groups in total. The van der Waals surface area contributed by atoms with Crippen LogP contribution in [0.3, 0.4) is 0 Å². The summed E-state index contributed by atoms with van der Waals surface area (Å²) in [5.41, 5.74) is 3.35. The fourth-order valence-electron chi connectivity index (χ4n) is 2.41. The van der Waals surface area contributed by atoms with Gasteiger partial charge in [-0.2, -0.15) is 0 Å². The minimum Gasteiger partial charge on any atom is -0.492 e. The van der Waals surface area contributed by atoms with Gasteiger partial charge in [0.25, 0.3) is 0 Å². The zero-order valence-electron chi connectivity index (χ0n) is 13.6. The van der Waals surface area contributed by atoms with Crippen LogP contribution < -0.4 is 4.74 Å². The molecule has 2 nitrogen and oxygen atoms in total. The van der Waals surface area contributed by atoms with Crippen LogP contribution in [0.2, 0.25) is 0 Å². The van der Waals surface area contributed by atoms with Crippen molar-refractivity contribution in [1.29, 1.82) is 0 Å². The lowest BCUT2D eigenvalue weighted by atomic mass is 9.89. The molecule has 0 spiro atoms. The molecule has 0 bridgehead atoms. The summed E-state index contributed by atoms with van der Waals surface area (Å²) in [6.07, 6.45) is 5.73. The summed E-state index contributed by atoms with van der Waals surface area (Å²) in [5, 5.41) is 0. The molecule has 1 aromatic rings. The van der Waals surface area contributed by atoms with Crippen LogP contribution in [0, 0.1) is 5.41 Å². The van der Waals surface area contributed by atoms with Gasteiger partial charge in [0.15, 0.2) is 5.78 Å². The van der Waals surface area contributed by atoms with Crippen molar-refractivity contribution in [3.8, 4) is 5.75 Å². The molecule has 0 atom stereocenters. The monoisotopic (exact) mass is 284 g/mol. The average molecular weight is 284 g/mol. The van der Waals surface area contributed by atoms with Crippen LogP contribution in [-0.4, -0.2) is 12.4 Å². The van der Waals surface area contributed by atoms with E-state index in [2.05, 4.69) is 45.9 Å². The van der Waals surface area contributed by atoms with Crippen molar-refractivity contribution in [2.24, 2.45) is 5.41 Å². The lowest BCUT2D eigenvalue weighted by molar-refractivity contribution is -0.112. The Balaban J connectivity index is 2.56. The Hall–Kier alpha value is -1.83. The van der Waals surface area contributed by atoms with Gasteiger partial charge in [0.1, 0.15) is 5.75 Å². The number of ether oxygens (including phenoxy) is 1. The summed E-state index contributed by atoms with van der Waals surface area (Å²) in [5.74, 6) is 1.41. The number of hydrogen-bond donors (Lipinski definition) is 0. The third kappa shape index (κ3) is 3.84. The van der Waals surface area contributed by atoms with Crippen molar-refractivity contribution in [2.75, 3.05) is 6.61 Å². The lowest BCUT2D eigenvalue weighted by Gasteiger charge is -2.18. The molecule has 1 heterocycles. The average Bonchev–Trinajstić information content (AvgIpc) is 2.52. The Kier molecular flexibility index (Phi) is 4.36. The van der Waals surface area contributed by atoms with E-state index in [1.54, 1.807) is 13.0 Å². The van der Waals surface area contributed by atoms with Crippen molar-refractivity contribution >= 4 is 11.4 Å². The maximum atomic E-state index is 11.3. The lowest BCUT2D eigenvalue weighted by Crippen LogP contribution is -2.17. The molecule has 0 saturated carbocycles. The van der Waals surface area contributed by atoms with E-state index in [1.807, 2.05) is 12.1 Å². The first kappa shape index (κ1) is 15.6. The van der Waals surface area contributed by atoms with E-state index < -0.39 is 0 Å². The molecular formula is C19H24O2. The molecule has 0 radical (unpaired) electrons. The minimum absolute atomic E-state index is 0.0560. The Morgan fingerprint density at radius 3 is 2.67 bits per heavy atom. The van der Waals surface area contributed by atoms with Gasteiger partial charge < -0.3 is 4.74 Å². The highest BCUT2D eigenvalue weighted by atomic mass is 16.5. The predicted octanol–water partition coefficient (Wildman–Crippen LogP) is 4.76. The first-order valence-corrected chi connectivity index (χ1v) is 7.47. The first-order valence-electron chi connectivity index (χ1n) is 7.47. The van der Waals surface area contributed by atoms with E-state index in [9.17, 15) is 4.79 Å². The zero-order chi connectivity index (χ0) is 15.6. The summed E-state index contributed by atoms with van der Waals surface area (Å²) in [4.78, 5) is 11.3. The quantitative estimate of drug-likeness (QED) is 0.748. The topological polar surface area (TPSA) is 26.3 Å². The normalized spacial score (nSPS) is 17.1. The maximum absolute atomic E-state index is 11.3. The number of benzene rings is 1. The third-order valence-corrected chi connectivity index (χ3v) is 3.62. The molecule has 0 saturated heterocycles. The number of carbonyl (C=O) groups is 1. The number of ketones is 1. The van der Waals surface area contributed by atoms with E-state index in [0.29, 0.717) is 12.5 Å². The smallest absolute Gasteiger partial charge is 0.152 e. The Bertz CT molecular complexity index is 604. The molecule has 112 valence electrons. The van der Waals surface area contributed by atoms with Crippen molar-refractivity contribution in [3.63, 3.8) is 0 Å². The molecule has 21 heavy (non-hydrogen) atoms. The van der Waals surface area contributed by atoms with Crippen LogP contribution in [0.5, 0.6) is 5.75 Å². The van der Waals surface area contributed by atoms with Gasteiger partial charge in [-0.25, -0.2) is 0 Å². The highest BCUT2D eigenvalue weighted by molar-refractivity contribution is 5.91. The minimum atomic E-state index is -0.0620. The van der Waals surface area contributed by atoms with Gasteiger partial charge in [-0.05, 0) is 42.2 Å². The van der Waals surface area contributed by atoms with Crippen LogP contribution in [0.15, 0.2) is 36.4 Å². The van der Waals surface area contributed by atoms with Crippen LogP contribution in [0.4, 0.5) is 0 Å². The van der Waals surface area contributed by atoms with Gasteiger partial charge >= 0.3 is 0 Å². The Morgan fingerprint density at radius 2 is 2.05 bits per heavy atom. The van der Waals surface area contributed by atoms with Gasteiger partial charge in [-0.3, -0.25) is 4.79 Å². The summed E-state index contributed by atoms with van der Waals surface area (Å²) in [7, 11) is 0. The third-order valence-electron chi connectivity index (χ3n) is 3.62. The summed E-state index contributed by atoms with van der Waals surface area (Å²) < 4.78 is 5.96. The molecule has 0 aromatic heterocycles. The van der Waals surface area contributed by atoms with Crippen LogP contribution in [0.25, 0.3) is 5.57 Å². The molecular weight excluding hydrogens is 260 g/mol. The largest absolute Gasteiger partial charge is 0.492 e. The summed E-state index contributed by atoms with van der Waals surface area (Å²) in [6.45, 7) is 10.9. The zero-order valence-corrected chi connectivity index (χ0v) is 13.6. The predicted molar refractivity (Wildman–Crippen MR) is 87.6 cm³/mol. The summed E-state index contributed by atoms with van der Waals surface area (Å²) in [6, 6.07) is 6.34. The standard InChI is InChI=1S/C19H24O2/c1-13(2)15-8-9-18-17(10-15)16(7-6-14(3)20)11-19(4,5)12-21-18/h6-11,13H,12H2,1-5H3/b7-6+. The molecule has 2 rings (SSSR count). The Morgan fingerprint density at radius 1 is 1.33 bits per heavy atom. The first-order chi connectivity index (χ1) is 9.78. The van der Waals surface area contributed by atoms with Gasteiger partial charge in [-0.1, -0.05) is 45.9 Å². The fourth-order valence-corrected chi connectivity index (χ4v) is 2.41. The van der Waals surface area contributed by atoms with E-state index >= 15 is 0 Å². The molecule has 0 unspecified atom stereocenters. The van der Waals surface area contributed by atoms with Crippen LogP contribution in [-0.2, 0) is 4.79 Å². The number of rotatable bonds is 3. The molecule has 0 fully saturated rings. The SMILES string of the molecule is CC(=O)/C=C/C1=CC(C)(C)COc2ccc(C(C)C)cc21. The number of fused-ring (bicyclic) bond motifs is 1. The van der Waals surface area contributed by atoms with Crippen molar-refractivity contribution in [1.82, 2.24) is 0 Å². The molecule has 0 aliphatic carbocycles. The fraction of sp³-hybridized carbons (Fsp3) is 0.421. The maximum Gasteiger partial charge on any atom is 0.152 e. The molecule has 0 amide bonds. The van der Waals surface area contributed by atoms with Crippen molar-refractivity contribution in [3.05, 3.63) is 47.6 Å². The number of hydrogen-bond acceptors (Lipinski definition) is 2. The van der Waals surface area contributed by atoms with Gasteiger partial charge in [-0.15, -0.1) is 0 Å². The number of carbonyl (C=O) groups excluding carboxylic acids is 1. The highest BCUT2D eigenvalue weighted by Gasteiger charge is 2.23. The van der Waals surface area contributed by atoms with Gasteiger partial charge in [0, 0.05) is 11.0 Å². The second kappa shape index (κ2) is 5.88. The van der Waals surface area contributed by atoms with E-state index in [0.717, 1.165) is 16.9 Å². The second-order valence-corrected chi connectivity index (χ2v) is 6.73. The second-order valence-electron chi connectivity index (χ2n) is 6.73. The van der Waals surface area contributed by atoms with E-state index in [-0.39, 0.29) is 11.2 Å². The summed E-state index contributed by atoms with van der Waals surface area (Å²) >= 11 is 0. The van der Waals surface area contributed by atoms with E-state index in [4.69, 9.17) is 4.74 Å². The Labute approximate surface area is 127 Å². The molecule has 1 aliphatic heterocycles. The van der Waals surface area contributed by atoms with Crippen molar-refractivity contribution in [2.45, 2.75) is 40.5 Å². The van der Waals surface area contributed by atoms with Crippen molar-refractivity contribution < 1.29 is 9.53 Å². The van der Waals surface area contributed by atoms with Gasteiger partial charge in [0.05, 0.1) is 6.61 Å². The van der Waals surface area contributed by atoms with E-state index in [1.165, 1.54) is 5.56 Å². The molecule has 1 aromatic carbocycles. The molecule has 2 heteroatoms. The molecule has 1 aliphatic rings. The van der Waals surface area contributed by atoms with Crippen LogP contribution in [0.1, 0.15) is 51.7 Å². The highest BCUT2D eigenvalue weighted by Crippen LogP contribution is 2.37. The van der Waals surface area contributed by atoms with Gasteiger partial charge in [0.2, 0.25) is 0 Å².